The summed E-state index contributed by atoms with van der Waals surface area (Å²) in [5.41, 5.74) is 9.82. The summed E-state index contributed by atoms with van der Waals surface area (Å²) in [4.78, 5) is 12.3. The minimum Gasteiger partial charge on any atom is -0.398 e. The van der Waals surface area contributed by atoms with E-state index >= 15 is 0 Å². The molecular weight excluding hydrogens is 384 g/mol. The summed E-state index contributed by atoms with van der Waals surface area (Å²) in [7, 11) is 0. The smallest absolute Gasteiger partial charge is 0.256 e. The molecule has 3 nitrogen and oxygen atoms in total. The molecule has 3 N–H and O–H groups in total. The summed E-state index contributed by atoms with van der Waals surface area (Å²) in [5, 5.41) is 2.86. The Hall–Kier alpha value is -1.33. The van der Waals surface area contributed by atoms with Crippen LogP contribution in [0.4, 0.5) is 11.4 Å². The van der Waals surface area contributed by atoms with Gasteiger partial charge >= 0.3 is 0 Å². The normalized spacial score (nSPS) is 10.4. The fourth-order valence-corrected chi connectivity index (χ4v) is 3.01. The van der Waals surface area contributed by atoms with Crippen molar-refractivity contribution in [2.45, 2.75) is 13.8 Å². The van der Waals surface area contributed by atoms with Crippen molar-refractivity contribution in [2.75, 3.05) is 11.1 Å². The molecule has 2 aromatic rings. The van der Waals surface area contributed by atoms with Crippen LogP contribution in [0.3, 0.4) is 0 Å². The first-order valence-corrected chi connectivity index (χ1v) is 7.60. The zero-order valence-electron chi connectivity index (χ0n) is 11.1. The van der Waals surface area contributed by atoms with E-state index in [4.69, 9.17) is 5.73 Å². The second kappa shape index (κ2) is 5.97. The van der Waals surface area contributed by atoms with E-state index in [9.17, 15) is 4.79 Å². The second-order valence-electron chi connectivity index (χ2n) is 4.63. The van der Waals surface area contributed by atoms with E-state index < -0.39 is 0 Å². The van der Waals surface area contributed by atoms with Gasteiger partial charge in [0, 0.05) is 14.6 Å². The first kappa shape index (κ1) is 15.1. The SMILES string of the molecule is Cc1ccc(C(=O)Nc2cc(N)c(C)cc2Br)c(Br)c1. The second-order valence-corrected chi connectivity index (χ2v) is 6.33. The molecule has 104 valence electrons. The van der Waals surface area contributed by atoms with Crippen LogP contribution in [-0.4, -0.2) is 5.91 Å². The lowest BCUT2D eigenvalue weighted by Crippen LogP contribution is -2.13. The highest BCUT2D eigenvalue weighted by Gasteiger charge is 2.12. The first-order valence-electron chi connectivity index (χ1n) is 6.01. The van der Waals surface area contributed by atoms with E-state index in [1.165, 1.54) is 0 Å². The van der Waals surface area contributed by atoms with Crippen molar-refractivity contribution >= 4 is 49.1 Å². The molecule has 1 amide bonds. The number of aryl methyl sites for hydroxylation is 2. The summed E-state index contributed by atoms with van der Waals surface area (Å²) in [6.45, 7) is 3.89. The third-order valence-corrected chi connectivity index (χ3v) is 4.29. The molecule has 0 aliphatic carbocycles. The van der Waals surface area contributed by atoms with Gasteiger partial charge in [0.05, 0.1) is 11.3 Å². The van der Waals surface area contributed by atoms with E-state index in [0.717, 1.165) is 20.1 Å². The maximum Gasteiger partial charge on any atom is 0.256 e. The molecule has 20 heavy (non-hydrogen) atoms. The van der Waals surface area contributed by atoms with Gasteiger partial charge in [0.15, 0.2) is 0 Å². The van der Waals surface area contributed by atoms with E-state index in [1.54, 1.807) is 12.1 Å². The van der Waals surface area contributed by atoms with E-state index in [0.29, 0.717) is 16.9 Å². The van der Waals surface area contributed by atoms with Gasteiger partial charge in [-0.1, -0.05) is 6.07 Å². The Kier molecular flexibility index (Phi) is 4.50. The number of nitrogens with one attached hydrogen (secondary N) is 1. The lowest BCUT2D eigenvalue weighted by atomic mass is 10.1. The van der Waals surface area contributed by atoms with Gasteiger partial charge in [-0.3, -0.25) is 4.79 Å². The maximum absolute atomic E-state index is 12.3. The highest BCUT2D eigenvalue weighted by Crippen LogP contribution is 2.29. The number of nitrogens with two attached hydrogens (primary N) is 1. The van der Waals surface area contributed by atoms with Crippen molar-refractivity contribution < 1.29 is 4.79 Å². The maximum atomic E-state index is 12.3. The number of benzene rings is 2. The fraction of sp³-hybridized carbons (Fsp3) is 0.133. The highest BCUT2D eigenvalue weighted by atomic mass is 79.9. The topological polar surface area (TPSA) is 55.1 Å². The van der Waals surface area contributed by atoms with Gasteiger partial charge in [0.2, 0.25) is 0 Å². The van der Waals surface area contributed by atoms with Gasteiger partial charge in [0.1, 0.15) is 0 Å². The number of rotatable bonds is 2. The molecule has 0 aliphatic heterocycles. The minimum atomic E-state index is -0.180. The molecule has 5 heteroatoms. The van der Waals surface area contributed by atoms with Crippen molar-refractivity contribution in [3.8, 4) is 0 Å². The standard InChI is InChI=1S/C15H14Br2N2O/c1-8-3-4-10(11(16)5-8)15(20)19-14-7-13(18)9(2)6-12(14)17/h3-7H,18H2,1-2H3,(H,19,20). The lowest BCUT2D eigenvalue weighted by Gasteiger charge is -2.11. The van der Waals surface area contributed by atoms with Crippen molar-refractivity contribution in [3.05, 3.63) is 56.0 Å². The minimum absolute atomic E-state index is 0.180. The van der Waals surface area contributed by atoms with Crippen LogP contribution < -0.4 is 11.1 Å². The molecule has 0 radical (unpaired) electrons. The Balaban J connectivity index is 2.30. The van der Waals surface area contributed by atoms with Gasteiger partial charge < -0.3 is 11.1 Å². The summed E-state index contributed by atoms with van der Waals surface area (Å²) >= 11 is 6.84. The Labute approximate surface area is 134 Å². The molecular formula is C15H14Br2N2O. The third-order valence-electron chi connectivity index (χ3n) is 2.97. The molecule has 2 aromatic carbocycles. The zero-order valence-corrected chi connectivity index (χ0v) is 14.3. The van der Waals surface area contributed by atoms with Crippen LogP contribution >= 0.6 is 31.9 Å². The third kappa shape index (κ3) is 3.22. The summed E-state index contributed by atoms with van der Waals surface area (Å²) in [6, 6.07) is 9.24. The number of halogens is 2. The van der Waals surface area contributed by atoms with E-state index in [2.05, 4.69) is 37.2 Å². The quantitative estimate of drug-likeness (QED) is 0.723. The van der Waals surface area contributed by atoms with Crippen LogP contribution in [0.25, 0.3) is 0 Å². The molecule has 0 aliphatic rings. The Morgan fingerprint density at radius 1 is 1.10 bits per heavy atom. The number of carbonyl (C=O) groups is 1. The van der Waals surface area contributed by atoms with Gasteiger partial charge in [-0.25, -0.2) is 0 Å². The predicted molar refractivity (Wildman–Crippen MR) is 90.1 cm³/mol. The summed E-state index contributed by atoms with van der Waals surface area (Å²) in [6.07, 6.45) is 0. The number of carbonyl (C=O) groups excluding carboxylic acids is 1. The van der Waals surface area contributed by atoms with E-state index in [1.807, 2.05) is 32.0 Å². The van der Waals surface area contributed by atoms with Crippen molar-refractivity contribution in [2.24, 2.45) is 0 Å². The van der Waals surface area contributed by atoms with Crippen LogP contribution in [-0.2, 0) is 0 Å². The van der Waals surface area contributed by atoms with Crippen molar-refractivity contribution in [1.29, 1.82) is 0 Å². The van der Waals surface area contributed by atoms with Gasteiger partial charge in [-0.05, 0) is 81.1 Å². The molecule has 0 spiro atoms. The van der Waals surface area contributed by atoms with Crippen molar-refractivity contribution in [3.63, 3.8) is 0 Å². The van der Waals surface area contributed by atoms with Gasteiger partial charge in [0.25, 0.3) is 5.91 Å². The summed E-state index contributed by atoms with van der Waals surface area (Å²) in [5.74, 6) is -0.180. The van der Waals surface area contributed by atoms with Crippen LogP contribution in [0.5, 0.6) is 0 Å². The molecule has 0 atom stereocenters. The average Bonchev–Trinajstić information content (AvgIpc) is 2.35. The van der Waals surface area contributed by atoms with Crippen LogP contribution in [0.1, 0.15) is 21.5 Å². The van der Waals surface area contributed by atoms with Crippen LogP contribution in [0.2, 0.25) is 0 Å². The monoisotopic (exact) mass is 396 g/mol. The molecule has 0 heterocycles. The Morgan fingerprint density at radius 3 is 2.45 bits per heavy atom. The van der Waals surface area contributed by atoms with E-state index in [-0.39, 0.29) is 5.91 Å². The summed E-state index contributed by atoms with van der Waals surface area (Å²) < 4.78 is 1.58. The molecule has 0 saturated carbocycles. The predicted octanol–water partition coefficient (Wildman–Crippen LogP) is 4.66. The lowest BCUT2D eigenvalue weighted by molar-refractivity contribution is 0.102. The van der Waals surface area contributed by atoms with Gasteiger partial charge in [-0.2, -0.15) is 0 Å². The molecule has 0 aromatic heterocycles. The molecule has 2 rings (SSSR count). The number of amides is 1. The molecule has 0 unspecified atom stereocenters. The Morgan fingerprint density at radius 2 is 1.80 bits per heavy atom. The highest BCUT2D eigenvalue weighted by molar-refractivity contribution is 9.11. The average molecular weight is 398 g/mol. The Bertz CT molecular complexity index is 684. The molecule has 0 fully saturated rings. The number of hydrogen-bond donors (Lipinski definition) is 2. The van der Waals surface area contributed by atoms with Crippen LogP contribution in [0.15, 0.2) is 39.3 Å². The van der Waals surface area contributed by atoms with Crippen molar-refractivity contribution in [1.82, 2.24) is 0 Å². The number of nitrogen functional groups attached to an aromatic ring is 1. The molecule has 0 bridgehead atoms. The number of anilines is 2. The number of hydrogen-bond acceptors (Lipinski definition) is 2. The fourth-order valence-electron chi connectivity index (χ4n) is 1.78. The first-order chi connectivity index (χ1) is 9.38. The largest absolute Gasteiger partial charge is 0.398 e. The van der Waals surface area contributed by atoms with Gasteiger partial charge in [-0.15, -0.1) is 0 Å². The molecule has 0 saturated heterocycles. The zero-order chi connectivity index (χ0) is 14.9. The van der Waals surface area contributed by atoms with Crippen LogP contribution in [0, 0.1) is 13.8 Å².